The molecule has 1 amide bonds. The van der Waals surface area contributed by atoms with E-state index in [1.165, 1.54) is 25.2 Å². The number of carbonyl (C=O) groups is 1. The number of hydrogen-bond acceptors (Lipinski definition) is 2. The number of cyclic esters (lactones) is 1. The lowest BCUT2D eigenvalue weighted by Crippen LogP contribution is -2.54. The van der Waals surface area contributed by atoms with Crippen LogP contribution in [0.3, 0.4) is 0 Å². The Bertz CT molecular complexity index is 585. The van der Waals surface area contributed by atoms with Gasteiger partial charge in [0.05, 0.1) is 5.69 Å². The molecule has 1 fully saturated rings. The summed E-state index contributed by atoms with van der Waals surface area (Å²) in [5.74, 6) is -0.739. The van der Waals surface area contributed by atoms with Crippen molar-refractivity contribution in [2.45, 2.75) is 24.6 Å². The van der Waals surface area contributed by atoms with Gasteiger partial charge in [0.1, 0.15) is 0 Å². The summed E-state index contributed by atoms with van der Waals surface area (Å²) in [6, 6.07) is 4.12. The van der Waals surface area contributed by atoms with Crippen molar-refractivity contribution in [2.75, 3.05) is 11.9 Å². The molecule has 3 rings (SSSR count). The summed E-state index contributed by atoms with van der Waals surface area (Å²) < 4.78 is 45.8. The lowest BCUT2D eigenvalue weighted by Gasteiger charge is -2.42. The van der Waals surface area contributed by atoms with Crippen LogP contribution in [0.2, 0.25) is 5.02 Å². The fourth-order valence-corrected chi connectivity index (χ4v) is 2.86. The summed E-state index contributed by atoms with van der Waals surface area (Å²) in [5.41, 5.74) is -2.46. The molecule has 1 saturated carbocycles. The molecule has 7 heteroatoms. The molecule has 1 aliphatic carbocycles. The summed E-state index contributed by atoms with van der Waals surface area (Å²) in [6.07, 6.45) is -4.92. The van der Waals surface area contributed by atoms with E-state index >= 15 is 0 Å². The van der Waals surface area contributed by atoms with Gasteiger partial charge in [0.15, 0.2) is 0 Å². The summed E-state index contributed by atoms with van der Waals surface area (Å²) in [6.45, 7) is 0. The molecule has 1 aromatic rings. The maximum atomic E-state index is 13.7. The molecular weight excluding hydrogens is 295 g/mol. The molecule has 0 radical (unpaired) electrons. The number of anilines is 1. The summed E-state index contributed by atoms with van der Waals surface area (Å²) in [4.78, 5) is 12.9. The second kappa shape index (κ2) is 4.04. The highest BCUT2D eigenvalue weighted by atomic mass is 35.5. The second-order valence-electron chi connectivity index (χ2n) is 5.10. The fourth-order valence-electron chi connectivity index (χ4n) is 2.69. The number of benzene rings is 1. The van der Waals surface area contributed by atoms with E-state index in [2.05, 4.69) is 0 Å². The van der Waals surface area contributed by atoms with Crippen LogP contribution in [-0.4, -0.2) is 19.3 Å². The number of amides is 1. The van der Waals surface area contributed by atoms with E-state index in [0.29, 0.717) is 12.8 Å². The van der Waals surface area contributed by atoms with E-state index in [1.807, 2.05) is 0 Å². The average molecular weight is 306 g/mol. The van der Waals surface area contributed by atoms with Gasteiger partial charge in [-0.15, -0.1) is 0 Å². The predicted molar refractivity (Wildman–Crippen MR) is 66.8 cm³/mol. The zero-order chi connectivity index (χ0) is 14.7. The van der Waals surface area contributed by atoms with Gasteiger partial charge < -0.3 is 4.74 Å². The van der Waals surface area contributed by atoms with Gasteiger partial charge in [0.25, 0.3) is 0 Å². The molecule has 0 saturated heterocycles. The molecule has 1 aliphatic heterocycles. The lowest BCUT2D eigenvalue weighted by molar-refractivity contribution is -0.274. The van der Waals surface area contributed by atoms with Gasteiger partial charge in [0.2, 0.25) is 5.60 Å². The number of hydrogen-bond donors (Lipinski definition) is 0. The van der Waals surface area contributed by atoms with E-state index in [-0.39, 0.29) is 16.3 Å². The van der Waals surface area contributed by atoms with E-state index < -0.39 is 23.8 Å². The Balaban J connectivity index is 2.29. The van der Waals surface area contributed by atoms with Crippen LogP contribution in [0.5, 0.6) is 0 Å². The van der Waals surface area contributed by atoms with E-state index in [0.717, 1.165) is 4.90 Å². The Morgan fingerprint density at radius 1 is 1.40 bits per heavy atom. The molecule has 1 unspecified atom stereocenters. The predicted octanol–water partition coefficient (Wildman–Crippen LogP) is 4.09. The number of nitrogens with zero attached hydrogens (tertiary/aromatic N) is 1. The van der Waals surface area contributed by atoms with Crippen molar-refractivity contribution < 1.29 is 22.7 Å². The first-order valence-electron chi connectivity index (χ1n) is 6.11. The number of ether oxygens (including phenoxy) is 1. The van der Waals surface area contributed by atoms with Crippen LogP contribution in [-0.2, 0) is 10.3 Å². The minimum absolute atomic E-state index is 0.0814. The second-order valence-corrected chi connectivity index (χ2v) is 5.53. The maximum absolute atomic E-state index is 13.7. The topological polar surface area (TPSA) is 29.5 Å². The number of alkyl halides is 3. The van der Waals surface area contributed by atoms with Crippen LogP contribution in [0.15, 0.2) is 18.2 Å². The van der Waals surface area contributed by atoms with Crippen molar-refractivity contribution in [2.24, 2.45) is 5.92 Å². The SMILES string of the molecule is CN1C(=O)OC(C2CC2)(C(F)(F)F)c2cc(Cl)ccc21. The van der Waals surface area contributed by atoms with Gasteiger partial charge in [-0.3, -0.25) is 4.90 Å². The van der Waals surface area contributed by atoms with Crippen molar-refractivity contribution in [1.82, 2.24) is 0 Å². The van der Waals surface area contributed by atoms with Crippen molar-refractivity contribution >= 4 is 23.4 Å². The molecule has 20 heavy (non-hydrogen) atoms. The van der Waals surface area contributed by atoms with Gasteiger partial charge in [-0.25, -0.2) is 4.79 Å². The third kappa shape index (κ3) is 1.70. The van der Waals surface area contributed by atoms with Crippen molar-refractivity contribution in [1.29, 1.82) is 0 Å². The van der Waals surface area contributed by atoms with Crippen LogP contribution < -0.4 is 4.90 Å². The number of halogens is 4. The maximum Gasteiger partial charge on any atom is 0.433 e. The first-order chi connectivity index (χ1) is 9.27. The first-order valence-corrected chi connectivity index (χ1v) is 6.48. The van der Waals surface area contributed by atoms with Crippen LogP contribution in [0.25, 0.3) is 0 Å². The molecule has 3 nitrogen and oxygen atoms in total. The lowest BCUT2D eigenvalue weighted by atomic mass is 9.85. The Kier molecular flexibility index (Phi) is 2.73. The number of fused-ring (bicyclic) bond motifs is 1. The third-order valence-electron chi connectivity index (χ3n) is 3.82. The quantitative estimate of drug-likeness (QED) is 0.782. The minimum atomic E-state index is -4.68. The highest BCUT2D eigenvalue weighted by molar-refractivity contribution is 6.30. The van der Waals surface area contributed by atoms with Crippen LogP contribution in [0, 0.1) is 5.92 Å². The molecule has 0 aromatic heterocycles. The van der Waals surface area contributed by atoms with E-state index in [4.69, 9.17) is 16.3 Å². The van der Waals surface area contributed by atoms with Crippen molar-refractivity contribution in [3.8, 4) is 0 Å². The molecule has 108 valence electrons. The monoisotopic (exact) mass is 305 g/mol. The molecule has 1 atom stereocenters. The highest BCUT2D eigenvalue weighted by Crippen LogP contribution is 2.60. The zero-order valence-corrected chi connectivity index (χ0v) is 11.3. The van der Waals surface area contributed by atoms with Crippen molar-refractivity contribution in [3.63, 3.8) is 0 Å². The van der Waals surface area contributed by atoms with Gasteiger partial charge in [-0.1, -0.05) is 11.6 Å². The standard InChI is InChI=1S/C13H11ClF3NO2/c1-18-10-5-4-8(14)6-9(10)12(7-2-3-7,13(15,16)17)20-11(18)19/h4-7H,2-3H2,1H3. The highest BCUT2D eigenvalue weighted by Gasteiger charge is 2.69. The molecule has 1 heterocycles. The Hall–Kier alpha value is -1.43. The van der Waals surface area contributed by atoms with Crippen LogP contribution in [0.4, 0.5) is 23.7 Å². The van der Waals surface area contributed by atoms with Gasteiger partial charge >= 0.3 is 12.3 Å². The van der Waals surface area contributed by atoms with Gasteiger partial charge in [0, 0.05) is 23.6 Å². The molecule has 0 spiro atoms. The number of rotatable bonds is 1. The smallest absolute Gasteiger partial charge is 0.427 e. The summed E-state index contributed by atoms with van der Waals surface area (Å²) in [5, 5.41) is 0.185. The molecule has 2 aliphatic rings. The Morgan fingerprint density at radius 3 is 2.60 bits per heavy atom. The molecule has 0 N–H and O–H groups in total. The van der Waals surface area contributed by atoms with Crippen molar-refractivity contribution in [3.05, 3.63) is 28.8 Å². The van der Waals surface area contributed by atoms with Crippen LogP contribution >= 0.6 is 11.6 Å². The molecular formula is C13H11ClF3NO2. The zero-order valence-electron chi connectivity index (χ0n) is 10.5. The fraction of sp³-hybridized carbons (Fsp3) is 0.462. The number of carbonyl (C=O) groups excluding carboxylic acids is 1. The van der Waals surface area contributed by atoms with Crippen LogP contribution in [0.1, 0.15) is 18.4 Å². The van der Waals surface area contributed by atoms with E-state index in [1.54, 1.807) is 0 Å². The normalized spacial score (nSPS) is 26.2. The first kappa shape index (κ1) is 13.5. The third-order valence-corrected chi connectivity index (χ3v) is 4.05. The Labute approximate surface area is 118 Å². The minimum Gasteiger partial charge on any atom is -0.427 e. The van der Waals surface area contributed by atoms with Gasteiger partial charge in [-0.05, 0) is 31.0 Å². The molecule has 0 bridgehead atoms. The van der Waals surface area contributed by atoms with Gasteiger partial charge in [-0.2, -0.15) is 13.2 Å². The largest absolute Gasteiger partial charge is 0.433 e. The molecule has 1 aromatic carbocycles. The van der Waals surface area contributed by atoms with E-state index in [9.17, 15) is 18.0 Å². The summed E-state index contributed by atoms with van der Waals surface area (Å²) in [7, 11) is 1.38. The average Bonchev–Trinajstić information content (AvgIpc) is 3.16. The summed E-state index contributed by atoms with van der Waals surface area (Å²) >= 11 is 5.84. The Morgan fingerprint density at radius 2 is 2.05 bits per heavy atom.